The summed E-state index contributed by atoms with van der Waals surface area (Å²) in [5.74, 6) is -2.50. The van der Waals surface area contributed by atoms with Gasteiger partial charge in [0.15, 0.2) is 0 Å². The van der Waals surface area contributed by atoms with Crippen LogP contribution < -0.4 is 16.4 Å². The molecular formula is C21H19FN4O3S. The Labute approximate surface area is 176 Å². The summed E-state index contributed by atoms with van der Waals surface area (Å²) >= 11 is 1.42. The molecule has 3 aromatic rings. The summed E-state index contributed by atoms with van der Waals surface area (Å²) in [6.07, 6.45) is 0.491. The average molecular weight is 426 g/mol. The van der Waals surface area contributed by atoms with E-state index >= 15 is 0 Å². The number of nitrogens with one attached hydrogen (secondary N) is 2. The number of nitrogens with zero attached hydrogens (tertiary/aromatic N) is 1. The van der Waals surface area contributed by atoms with Crippen LogP contribution in [-0.4, -0.2) is 29.3 Å². The van der Waals surface area contributed by atoms with Gasteiger partial charge in [-0.3, -0.25) is 14.4 Å². The van der Waals surface area contributed by atoms with Crippen LogP contribution in [0.2, 0.25) is 0 Å². The number of benzene rings is 2. The molecule has 30 heavy (non-hydrogen) atoms. The zero-order valence-electron chi connectivity index (χ0n) is 16.1. The van der Waals surface area contributed by atoms with Crippen molar-refractivity contribution in [3.63, 3.8) is 0 Å². The van der Waals surface area contributed by atoms with Crippen molar-refractivity contribution < 1.29 is 18.8 Å². The molecule has 0 fully saturated rings. The second kappa shape index (κ2) is 9.27. The fourth-order valence-electron chi connectivity index (χ4n) is 2.68. The molecule has 7 nitrogen and oxygen atoms in total. The summed E-state index contributed by atoms with van der Waals surface area (Å²) in [5, 5.41) is 5.71. The Kier molecular flexibility index (Phi) is 6.53. The van der Waals surface area contributed by atoms with E-state index in [9.17, 15) is 18.8 Å². The Balaban J connectivity index is 1.52. The molecule has 0 aliphatic rings. The lowest BCUT2D eigenvalue weighted by Crippen LogP contribution is -2.36. The number of anilines is 1. The van der Waals surface area contributed by atoms with E-state index in [1.54, 1.807) is 12.1 Å². The highest BCUT2D eigenvalue weighted by Crippen LogP contribution is 2.28. The van der Waals surface area contributed by atoms with Crippen molar-refractivity contribution in [1.29, 1.82) is 0 Å². The first kappa shape index (κ1) is 21.1. The Bertz CT molecular complexity index is 1100. The van der Waals surface area contributed by atoms with E-state index < -0.39 is 17.7 Å². The lowest BCUT2D eigenvalue weighted by atomic mass is 10.2. The lowest BCUT2D eigenvalue weighted by molar-refractivity contribution is -0.136. The number of halogens is 1. The number of carbonyl (C=O) groups is 3. The summed E-state index contributed by atoms with van der Waals surface area (Å²) in [7, 11) is 0. The van der Waals surface area contributed by atoms with Crippen LogP contribution in [-0.2, 0) is 16.0 Å². The Morgan fingerprint density at radius 2 is 1.83 bits per heavy atom. The van der Waals surface area contributed by atoms with Gasteiger partial charge in [0.2, 0.25) is 5.91 Å². The van der Waals surface area contributed by atoms with Gasteiger partial charge in [-0.25, -0.2) is 9.37 Å². The van der Waals surface area contributed by atoms with Gasteiger partial charge in [0, 0.05) is 34.7 Å². The standard InChI is InChI=1S/C21H19FN4O3S/c1-12-17(30-21(25-12)14-3-2-4-15(22)11-14)9-10-24-19(28)20(29)26-16-7-5-13(6-8-16)18(23)27/h2-8,11H,9-10H2,1H3,(H2,23,27)(H,24,28)(H,26,29). The first-order chi connectivity index (χ1) is 14.3. The third-order valence-electron chi connectivity index (χ3n) is 4.24. The summed E-state index contributed by atoms with van der Waals surface area (Å²) < 4.78 is 13.4. The molecule has 0 bridgehead atoms. The number of hydrogen-bond acceptors (Lipinski definition) is 5. The minimum Gasteiger partial charge on any atom is -0.366 e. The van der Waals surface area contributed by atoms with Crippen LogP contribution in [0.4, 0.5) is 10.1 Å². The fourth-order valence-corrected chi connectivity index (χ4v) is 3.74. The molecule has 0 radical (unpaired) electrons. The van der Waals surface area contributed by atoms with Gasteiger partial charge < -0.3 is 16.4 Å². The minimum absolute atomic E-state index is 0.249. The van der Waals surface area contributed by atoms with E-state index in [1.165, 1.54) is 47.7 Å². The molecular weight excluding hydrogens is 407 g/mol. The smallest absolute Gasteiger partial charge is 0.313 e. The molecule has 0 aliphatic heterocycles. The van der Waals surface area contributed by atoms with Crippen LogP contribution in [0.3, 0.4) is 0 Å². The quantitative estimate of drug-likeness (QED) is 0.526. The molecule has 0 atom stereocenters. The van der Waals surface area contributed by atoms with Crippen LogP contribution in [0.5, 0.6) is 0 Å². The second-order valence-electron chi connectivity index (χ2n) is 6.44. The van der Waals surface area contributed by atoms with Crippen LogP contribution in [0.15, 0.2) is 48.5 Å². The molecule has 0 aliphatic carbocycles. The molecule has 154 valence electrons. The lowest BCUT2D eigenvalue weighted by Gasteiger charge is -2.06. The average Bonchev–Trinajstić information content (AvgIpc) is 3.09. The first-order valence-electron chi connectivity index (χ1n) is 9.05. The van der Waals surface area contributed by atoms with Gasteiger partial charge in [-0.1, -0.05) is 12.1 Å². The van der Waals surface area contributed by atoms with Crippen molar-refractivity contribution in [3.05, 3.63) is 70.5 Å². The van der Waals surface area contributed by atoms with Crippen molar-refractivity contribution in [2.24, 2.45) is 5.73 Å². The molecule has 0 unspecified atom stereocenters. The van der Waals surface area contributed by atoms with Crippen molar-refractivity contribution in [2.75, 3.05) is 11.9 Å². The Morgan fingerprint density at radius 3 is 2.50 bits per heavy atom. The molecule has 3 rings (SSSR count). The van der Waals surface area contributed by atoms with Crippen molar-refractivity contribution >= 4 is 34.7 Å². The highest BCUT2D eigenvalue weighted by molar-refractivity contribution is 7.15. The molecule has 0 saturated carbocycles. The number of carbonyl (C=O) groups excluding carboxylic acids is 3. The van der Waals surface area contributed by atoms with E-state index in [0.29, 0.717) is 28.2 Å². The molecule has 0 spiro atoms. The monoisotopic (exact) mass is 426 g/mol. The summed E-state index contributed by atoms with van der Waals surface area (Å²) in [6.45, 7) is 2.09. The van der Waals surface area contributed by atoms with Crippen molar-refractivity contribution in [1.82, 2.24) is 10.3 Å². The predicted molar refractivity (Wildman–Crippen MR) is 113 cm³/mol. The highest BCUT2D eigenvalue weighted by Gasteiger charge is 2.15. The van der Waals surface area contributed by atoms with Crippen LogP contribution in [0.25, 0.3) is 10.6 Å². The molecule has 4 N–H and O–H groups in total. The maximum absolute atomic E-state index is 13.4. The number of primary amides is 1. The molecule has 0 saturated heterocycles. The van der Waals surface area contributed by atoms with E-state index in [4.69, 9.17) is 5.73 Å². The normalized spacial score (nSPS) is 10.5. The molecule has 2 aromatic carbocycles. The fraction of sp³-hybridized carbons (Fsp3) is 0.143. The number of nitrogens with two attached hydrogens (primary N) is 1. The maximum atomic E-state index is 13.4. The predicted octanol–water partition coefficient (Wildman–Crippen LogP) is 2.65. The number of amides is 3. The van der Waals surface area contributed by atoms with Crippen LogP contribution in [0, 0.1) is 12.7 Å². The van der Waals surface area contributed by atoms with Gasteiger partial charge >= 0.3 is 11.8 Å². The molecule has 3 amide bonds. The third-order valence-corrected chi connectivity index (χ3v) is 5.50. The zero-order chi connectivity index (χ0) is 21.7. The van der Waals surface area contributed by atoms with Crippen LogP contribution >= 0.6 is 11.3 Å². The maximum Gasteiger partial charge on any atom is 0.313 e. The number of rotatable bonds is 6. The number of hydrogen-bond donors (Lipinski definition) is 3. The van der Waals surface area contributed by atoms with E-state index in [1.807, 2.05) is 6.92 Å². The number of aromatic nitrogens is 1. The minimum atomic E-state index is -0.816. The van der Waals surface area contributed by atoms with Gasteiger partial charge in [-0.05, 0) is 43.3 Å². The topological polar surface area (TPSA) is 114 Å². The zero-order valence-corrected chi connectivity index (χ0v) is 16.9. The second-order valence-corrected chi connectivity index (χ2v) is 7.52. The SMILES string of the molecule is Cc1nc(-c2cccc(F)c2)sc1CCNC(=O)C(=O)Nc1ccc(C(N)=O)cc1. The molecule has 1 heterocycles. The Morgan fingerprint density at radius 1 is 1.10 bits per heavy atom. The number of aryl methyl sites for hydroxylation is 1. The summed E-state index contributed by atoms with van der Waals surface area (Å²) in [5.41, 5.74) is 7.32. The van der Waals surface area contributed by atoms with E-state index in [-0.39, 0.29) is 12.4 Å². The molecule has 9 heteroatoms. The Hall–Kier alpha value is -3.59. The van der Waals surface area contributed by atoms with E-state index in [2.05, 4.69) is 15.6 Å². The van der Waals surface area contributed by atoms with Crippen LogP contribution in [0.1, 0.15) is 20.9 Å². The van der Waals surface area contributed by atoms with Crippen molar-refractivity contribution in [2.45, 2.75) is 13.3 Å². The first-order valence-corrected chi connectivity index (χ1v) is 9.86. The third kappa shape index (κ3) is 5.26. The van der Waals surface area contributed by atoms with Gasteiger partial charge in [0.25, 0.3) is 0 Å². The highest BCUT2D eigenvalue weighted by atomic mass is 32.1. The number of thiazole rings is 1. The molecule has 1 aromatic heterocycles. The van der Waals surface area contributed by atoms with Gasteiger partial charge in [-0.2, -0.15) is 0 Å². The largest absolute Gasteiger partial charge is 0.366 e. The van der Waals surface area contributed by atoms with Crippen molar-refractivity contribution in [3.8, 4) is 10.6 Å². The summed E-state index contributed by atoms with van der Waals surface area (Å²) in [6, 6.07) is 12.1. The van der Waals surface area contributed by atoms with Gasteiger partial charge in [0.1, 0.15) is 10.8 Å². The van der Waals surface area contributed by atoms with Gasteiger partial charge in [0.05, 0.1) is 5.69 Å². The summed E-state index contributed by atoms with van der Waals surface area (Å²) in [4.78, 5) is 40.5. The van der Waals surface area contributed by atoms with E-state index in [0.717, 1.165) is 10.6 Å². The van der Waals surface area contributed by atoms with Gasteiger partial charge in [-0.15, -0.1) is 11.3 Å².